The van der Waals surface area contributed by atoms with E-state index in [9.17, 15) is 14.4 Å². The molecule has 4 atom stereocenters. The number of nitrogens with zero attached hydrogens (tertiary/aromatic N) is 3. The van der Waals surface area contributed by atoms with Crippen molar-refractivity contribution < 1.29 is 14.4 Å². The molecule has 0 N–H and O–H groups in total. The van der Waals surface area contributed by atoms with Crippen molar-refractivity contribution in [3.8, 4) is 0 Å². The van der Waals surface area contributed by atoms with Gasteiger partial charge in [-0.05, 0) is 61.7 Å². The maximum Gasteiger partial charge on any atom is 0.234 e. The van der Waals surface area contributed by atoms with Crippen LogP contribution in [-0.4, -0.2) is 37.9 Å². The number of hydrogen-bond acceptors (Lipinski definition) is 6. The van der Waals surface area contributed by atoms with Crippen molar-refractivity contribution >= 4 is 18.2 Å². The first-order valence-electron chi connectivity index (χ1n) is 7.89. The standard InChI is InChI=1S/C16H21N3O3/c20-9-17-2-1-14-3-12-4-15(16(14)6-12)5-13(7-18-10-21)8-19-11-22/h12-16H,1-8H2. The van der Waals surface area contributed by atoms with Gasteiger partial charge >= 0.3 is 0 Å². The third-order valence-electron chi connectivity index (χ3n) is 5.23. The highest BCUT2D eigenvalue weighted by Crippen LogP contribution is 2.54. The smallest absolute Gasteiger partial charge is 0.211 e. The summed E-state index contributed by atoms with van der Waals surface area (Å²) in [6, 6.07) is 0. The van der Waals surface area contributed by atoms with Gasteiger partial charge in [-0.15, -0.1) is 0 Å². The zero-order chi connectivity index (χ0) is 15.8. The minimum Gasteiger partial charge on any atom is -0.211 e. The van der Waals surface area contributed by atoms with Crippen LogP contribution in [0.15, 0.2) is 15.0 Å². The Morgan fingerprint density at radius 3 is 2.09 bits per heavy atom. The summed E-state index contributed by atoms with van der Waals surface area (Å²) in [5.74, 6) is 2.77. The maximum atomic E-state index is 10.3. The number of rotatable bonds is 9. The first kappa shape index (κ1) is 16.5. The first-order valence-corrected chi connectivity index (χ1v) is 7.89. The Kier molecular flexibility index (Phi) is 6.42. The van der Waals surface area contributed by atoms with Crippen LogP contribution in [0.25, 0.3) is 0 Å². The topological polar surface area (TPSA) is 88.3 Å². The molecule has 2 bridgehead atoms. The van der Waals surface area contributed by atoms with Crippen molar-refractivity contribution in [1.82, 2.24) is 0 Å². The highest BCUT2D eigenvalue weighted by atomic mass is 16.1. The number of aliphatic imine (C=N–C) groups is 3. The lowest BCUT2D eigenvalue weighted by molar-refractivity contribution is 0.197. The van der Waals surface area contributed by atoms with Gasteiger partial charge in [0.05, 0.1) is 19.6 Å². The van der Waals surface area contributed by atoms with Crippen molar-refractivity contribution in [1.29, 1.82) is 0 Å². The molecule has 22 heavy (non-hydrogen) atoms. The van der Waals surface area contributed by atoms with Crippen LogP contribution in [0.4, 0.5) is 0 Å². The lowest BCUT2D eigenvalue weighted by Gasteiger charge is -2.31. The van der Waals surface area contributed by atoms with Gasteiger partial charge in [-0.1, -0.05) is 0 Å². The molecule has 0 spiro atoms. The van der Waals surface area contributed by atoms with Gasteiger partial charge in [0.2, 0.25) is 18.2 Å². The molecule has 0 heterocycles. The Labute approximate surface area is 129 Å². The molecule has 0 radical (unpaired) electrons. The zero-order valence-electron chi connectivity index (χ0n) is 12.6. The van der Waals surface area contributed by atoms with Gasteiger partial charge in [-0.25, -0.2) is 29.4 Å². The Morgan fingerprint density at radius 1 is 0.864 bits per heavy atom. The van der Waals surface area contributed by atoms with Crippen molar-refractivity contribution in [3.63, 3.8) is 0 Å². The summed E-state index contributed by atoms with van der Waals surface area (Å²) in [6.45, 7) is 1.32. The van der Waals surface area contributed by atoms with Crippen LogP contribution >= 0.6 is 0 Å². The van der Waals surface area contributed by atoms with E-state index in [1.807, 2.05) is 0 Å². The van der Waals surface area contributed by atoms with Crippen LogP contribution in [-0.2, 0) is 14.4 Å². The summed E-state index contributed by atoms with van der Waals surface area (Å²) in [7, 11) is 0. The van der Waals surface area contributed by atoms with Crippen LogP contribution in [0.1, 0.15) is 32.1 Å². The monoisotopic (exact) mass is 303 g/mol. The fraction of sp³-hybridized carbons (Fsp3) is 0.812. The van der Waals surface area contributed by atoms with E-state index in [1.54, 1.807) is 18.2 Å². The molecule has 6 heteroatoms. The van der Waals surface area contributed by atoms with E-state index in [0.29, 0.717) is 37.4 Å². The van der Waals surface area contributed by atoms with E-state index >= 15 is 0 Å². The number of fused-ring (bicyclic) bond motifs is 2. The maximum absolute atomic E-state index is 10.3. The van der Waals surface area contributed by atoms with Gasteiger partial charge < -0.3 is 0 Å². The molecule has 0 aliphatic heterocycles. The van der Waals surface area contributed by atoms with Crippen LogP contribution in [0.3, 0.4) is 0 Å². The molecule has 0 saturated heterocycles. The number of hydrogen-bond donors (Lipinski definition) is 0. The second-order valence-electron chi connectivity index (χ2n) is 6.48. The van der Waals surface area contributed by atoms with Gasteiger partial charge in [-0.2, -0.15) is 0 Å². The third kappa shape index (κ3) is 4.32. The van der Waals surface area contributed by atoms with Crippen LogP contribution in [0, 0.1) is 29.6 Å². The predicted octanol–water partition coefficient (Wildman–Crippen LogP) is 2.05. The van der Waals surface area contributed by atoms with Gasteiger partial charge in [0.1, 0.15) is 0 Å². The summed E-state index contributed by atoms with van der Waals surface area (Å²) >= 11 is 0. The lowest BCUT2D eigenvalue weighted by atomic mass is 9.75. The first-order chi connectivity index (χ1) is 10.8. The summed E-state index contributed by atoms with van der Waals surface area (Å²) in [5.41, 5.74) is 0. The zero-order valence-corrected chi connectivity index (χ0v) is 12.6. The lowest BCUT2D eigenvalue weighted by Crippen LogP contribution is -2.25. The Bertz CT molecular complexity index is 497. The number of isocyanates is 3. The summed E-state index contributed by atoms with van der Waals surface area (Å²) in [5, 5.41) is 0. The van der Waals surface area contributed by atoms with Gasteiger partial charge in [0, 0.05) is 0 Å². The molecule has 2 rings (SSSR count). The van der Waals surface area contributed by atoms with Crippen LogP contribution < -0.4 is 0 Å². The fourth-order valence-corrected chi connectivity index (χ4v) is 4.50. The van der Waals surface area contributed by atoms with Crippen LogP contribution in [0.2, 0.25) is 0 Å². The molecule has 2 aliphatic rings. The van der Waals surface area contributed by atoms with Crippen molar-refractivity contribution in [3.05, 3.63) is 0 Å². The van der Waals surface area contributed by atoms with Crippen molar-refractivity contribution in [2.24, 2.45) is 44.6 Å². The van der Waals surface area contributed by atoms with Crippen LogP contribution in [0.5, 0.6) is 0 Å². The van der Waals surface area contributed by atoms with E-state index in [1.165, 1.54) is 19.3 Å². The van der Waals surface area contributed by atoms with Gasteiger partial charge in [0.15, 0.2) is 0 Å². The third-order valence-corrected chi connectivity index (χ3v) is 5.23. The summed E-state index contributed by atoms with van der Waals surface area (Å²) in [6.07, 6.45) is 10.3. The Balaban J connectivity index is 1.91. The van der Waals surface area contributed by atoms with Gasteiger partial charge in [-0.3, -0.25) is 0 Å². The average Bonchev–Trinajstić information content (AvgIpc) is 3.10. The molecule has 118 valence electrons. The fourth-order valence-electron chi connectivity index (χ4n) is 4.50. The largest absolute Gasteiger partial charge is 0.234 e. The van der Waals surface area contributed by atoms with E-state index in [-0.39, 0.29) is 5.92 Å². The predicted molar refractivity (Wildman–Crippen MR) is 79.5 cm³/mol. The molecule has 6 nitrogen and oxygen atoms in total. The molecular formula is C16H21N3O3. The minimum atomic E-state index is 0.112. The quantitative estimate of drug-likeness (QED) is 0.482. The molecule has 0 aromatic rings. The minimum absolute atomic E-state index is 0.112. The summed E-state index contributed by atoms with van der Waals surface area (Å²) < 4.78 is 0. The molecule has 0 aromatic heterocycles. The average molecular weight is 303 g/mol. The molecule has 0 aromatic carbocycles. The molecule has 0 amide bonds. The highest BCUT2D eigenvalue weighted by Gasteiger charge is 2.45. The van der Waals surface area contributed by atoms with E-state index in [0.717, 1.165) is 18.8 Å². The second kappa shape index (κ2) is 8.55. The Morgan fingerprint density at radius 2 is 1.50 bits per heavy atom. The SMILES string of the molecule is O=C=NCCC1CC2CC(CC(CN=C=O)CN=C=O)C1C2. The second-order valence-corrected chi connectivity index (χ2v) is 6.48. The molecule has 2 aliphatic carbocycles. The Hall–Kier alpha value is -1.86. The highest BCUT2D eigenvalue weighted by molar-refractivity contribution is 5.33. The van der Waals surface area contributed by atoms with Crippen molar-refractivity contribution in [2.45, 2.75) is 32.1 Å². The molecule has 4 unspecified atom stereocenters. The molecular weight excluding hydrogens is 282 g/mol. The normalized spacial score (nSPS) is 30.0. The molecule has 2 saturated carbocycles. The number of carbonyl (C=O) groups excluding carboxylic acids is 3. The van der Waals surface area contributed by atoms with E-state index in [4.69, 9.17) is 0 Å². The van der Waals surface area contributed by atoms with E-state index < -0.39 is 0 Å². The summed E-state index contributed by atoms with van der Waals surface area (Å²) in [4.78, 5) is 41.8. The van der Waals surface area contributed by atoms with Crippen molar-refractivity contribution in [2.75, 3.05) is 19.6 Å². The van der Waals surface area contributed by atoms with E-state index in [2.05, 4.69) is 15.0 Å². The van der Waals surface area contributed by atoms with Gasteiger partial charge in [0.25, 0.3) is 0 Å². The molecule has 2 fully saturated rings.